The number of rotatable bonds is 4. The summed E-state index contributed by atoms with van der Waals surface area (Å²) in [5.41, 5.74) is 3.77. The maximum atomic E-state index is 13.2. The van der Waals surface area contributed by atoms with Crippen molar-refractivity contribution in [2.45, 2.75) is 52.4 Å². The Morgan fingerprint density at radius 1 is 0.562 bits per heavy atom. The first kappa shape index (κ1) is 24.2. The number of carbonyl (C=O) groups excluding carboxylic acids is 2. The van der Waals surface area contributed by atoms with Gasteiger partial charge in [-0.1, -0.05) is 113 Å². The number of halogens is 2. The van der Waals surface area contributed by atoms with Crippen LogP contribution >= 0.6 is 23.2 Å². The van der Waals surface area contributed by atoms with E-state index in [9.17, 15) is 9.59 Å². The van der Waals surface area contributed by atoms with E-state index in [1.807, 2.05) is 24.3 Å². The molecular formula is C28H28Cl2O2. The second-order valence-electron chi connectivity index (χ2n) is 10.1. The Kier molecular flexibility index (Phi) is 6.70. The zero-order valence-corrected chi connectivity index (χ0v) is 20.9. The third-order valence-corrected chi connectivity index (χ3v) is 6.20. The number of ketones is 2. The quantitative estimate of drug-likeness (QED) is 0.364. The molecule has 3 rings (SSSR count). The maximum absolute atomic E-state index is 13.2. The predicted octanol–water partition coefficient (Wildman–Crippen LogP) is 8.05. The smallest absolute Gasteiger partial charge is 0.194 e. The molecule has 0 N–H and O–H groups in total. The summed E-state index contributed by atoms with van der Waals surface area (Å²) in [5, 5.41) is 0.444. The van der Waals surface area contributed by atoms with Crippen molar-refractivity contribution in [2.75, 3.05) is 0 Å². The third-order valence-electron chi connectivity index (χ3n) is 5.57. The predicted molar refractivity (Wildman–Crippen MR) is 134 cm³/mol. The number of benzene rings is 3. The zero-order chi connectivity index (χ0) is 23.8. The molecule has 0 spiro atoms. The fourth-order valence-corrected chi connectivity index (χ4v) is 4.01. The highest BCUT2D eigenvalue weighted by Gasteiger charge is 2.22. The van der Waals surface area contributed by atoms with Crippen molar-refractivity contribution in [2.24, 2.45) is 0 Å². The van der Waals surface area contributed by atoms with Gasteiger partial charge in [0.1, 0.15) is 0 Å². The van der Waals surface area contributed by atoms with Crippen LogP contribution in [-0.4, -0.2) is 11.6 Å². The van der Waals surface area contributed by atoms with Gasteiger partial charge in [0.05, 0.1) is 10.0 Å². The van der Waals surface area contributed by atoms with Gasteiger partial charge in [-0.15, -0.1) is 0 Å². The van der Waals surface area contributed by atoms with E-state index in [2.05, 4.69) is 41.5 Å². The van der Waals surface area contributed by atoms with Crippen LogP contribution in [0.4, 0.5) is 0 Å². The minimum Gasteiger partial charge on any atom is -0.289 e. The Hall–Kier alpha value is -2.42. The largest absolute Gasteiger partial charge is 0.289 e. The van der Waals surface area contributed by atoms with Gasteiger partial charge in [0, 0.05) is 22.3 Å². The van der Waals surface area contributed by atoms with E-state index in [0.29, 0.717) is 11.1 Å². The summed E-state index contributed by atoms with van der Waals surface area (Å²) in [4.78, 5) is 26.3. The Balaban J connectivity index is 1.97. The Morgan fingerprint density at radius 3 is 1.16 bits per heavy atom. The van der Waals surface area contributed by atoms with Crippen LogP contribution in [0.2, 0.25) is 10.0 Å². The molecule has 4 heteroatoms. The van der Waals surface area contributed by atoms with Gasteiger partial charge >= 0.3 is 0 Å². The van der Waals surface area contributed by atoms with Crippen molar-refractivity contribution in [3.63, 3.8) is 0 Å². The summed E-state index contributed by atoms with van der Waals surface area (Å²) in [7, 11) is 0. The highest BCUT2D eigenvalue weighted by atomic mass is 35.5. The van der Waals surface area contributed by atoms with E-state index in [0.717, 1.165) is 11.1 Å². The Bertz CT molecular complexity index is 1070. The molecule has 0 aliphatic carbocycles. The maximum Gasteiger partial charge on any atom is 0.194 e. The van der Waals surface area contributed by atoms with Gasteiger partial charge in [-0.2, -0.15) is 0 Å². The van der Waals surface area contributed by atoms with E-state index in [1.54, 1.807) is 24.3 Å². The molecule has 0 heterocycles. The van der Waals surface area contributed by atoms with Gasteiger partial charge in [0.25, 0.3) is 0 Å². The molecule has 3 aromatic carbocycles. The molecule has 0 aliphatic rings. The fraction of sp³-hybridized carbons (Fsp3) is 0.286. The molecule has 0 saturated carbocycles. The van der Waals surface area contributed by atoms with Crippen LogP contribution in [0, 0.1) is 0 Å². The first-order valence-electron chi connectivity index (χ1n) is 10.6. The first-order chi connectivity index (χ1) is 14.8. The monoisotopic (exact) mass is 466 g/mol. The molecule has 0 bridgehead atoms. The van der Waals surface area contributed by atoms with Crippen molar-refractivity contribution >= 4 is 34.8 Å². The molecule has 0 atom stereocenters. The lowest BCUT2D eigenvalue weighted by molar-refractivity contribution is 0.103. The molecule has 166 valence electrons. The van der Waals surface area contributed by atoms with E-state index in [-0.39, 0.29) is 43.6 Å². The first-order valence-corrected chi connectivity index (χ1v) is 11.3. The number of carbonyl (C=O) groups is 2. The minimum atomic E-state index is -0.246. The van der Waals surface area contributed by atoms with Gasteiger partial charge in [-0.05, 0) is 34.1 Å². The SMILES string of the molecule is CC(C)(C)c1ccc(C(=O)c2cc(C(=O)c3ccc(C(C)(C)C)cc3)c(Cl)cc2Cl)cc1. The van der Waals surface area contributed by atoms with E-state index >= 15 is 0 Å². The van der Waals surface area contributed by atoms with Gasteiger partial charge in [-0.3, -0.25) is 9.59 Å². The molecule has 32 heavy (non-hydrogen) atoms. The summed E-state index contributed by atoms with van der Waals surface area (Å²) < 4.78 is 0. The van der Waals surface area contributed by atoms with Crippen molar-refractivity contribution in [3.05, 3.63) is 104 Å². The summed E-state index contributed by atoms with van der Waals surface area (Å²) in [6.07, 6.45) is 0. The molecule has 0 fully saturated rings. The van der Waals surface area contributed by atoms with E-state index < -0.39 is 0 Å². The van der Waals surface area contributed by atoms with Crippen LogP contribution in [0.25, 0.3) is 0 Å². The van der Waals surface area contributed by atoms with Crippen LogP contribution < -0.4 is 0 Å². The third kappa shape index (κ3) is 5.14. The standard InChI is InChI=1S/C28H28Cl2O2/c1-27(2,3)19-11-7-17(8-12-19)25(31)21-15-22(24(30)16-23(21)29)26(32)18-9-13-20(14-10-18)28(4,5)6/h7-16H,1-6H3. The van der Waals surface area contributed by atoms with Gasteiger partial charge < -0.3 is 0 Å². The van der Waals surface area contributed by atoms with Crippen LogP contribution in [-0.2, 0) is 10.8 Å². The second kappa shape index (κ2) is 8.84. The summed E-state index contributed by atoms with van der Waals surface area (Å²) in [5.74, 6) is -0.492. The second-order valence-corrected chi connectivity index (χ2v) is 10.9. The van der Waals surface area contributed by atoms with Crippen molar-refractivity contribution in [3.8, 4) is 0 Å². The molecule has 0 unspecified atom stereocenters. The summed E-state index contributed by atoms with van der Waals surface area (Å²) >= 11 is 12.7. The molecular weight excluding hydrogens is 439 g/mol. The van der Waals surface area contributed by atoms with Gasteiger partial charge in [0.15, 0.2) is 11.6 Å². The number of hydrogen-bond acceptors (Lipinski definition) is 2. The topological polar surface area (TPSA) is 34.1 Å². The highest BCUT2D eigenvalue weighted by molar-refractivity contribution is 6.39. The van der Waals surface area contributed by atoms with Crippen molar-refractivity contribution in [1.29, 1.82) is 0 Å². The highest BCUT2D eigenvalue weighted by Crippen LogP contribution is 2.30. The lowest BCUT2D eigenvalue weighted by atomic mass is 9.86. The van der Waals surface area contributed by atoms with Crippen molar-refractivity contribution in [1.82, 2.24) is 0 Å². The van der Waals surface area contributed by atoms with Crippen molar-refractivity contribution < 1.29 is 9.59 Å². The average molecular weight is 467 g/mol. The van der Waals surface area contributed by atoms with Crippen LogP contribution in [0.1, 0.15) is 84.5 Å². The molecule has 3 aromatic rings. The Labute approximate surface area is 200 Å². The summed E-state index contributed by atoms with van der Waals surface area (Å²) in [6, 6.07) is 17.9. The zero-order valence-electron chi connectivity index (χ0n) is 19.3. The lowest BCUT2D eigenvalue weighted by Crippen LogP contribution is -2.12. The van der Waals surface area contributed by atoms with E-state index in [1.165, 1.54) is 12.1 Å². The van der Waals surface area contributed by atoms with Gasteiger partial charge in [-0.25, -0.2) is 0 Å². The molecule has 0 radical (unpaired) electrons. The van der Waals surface area contributed by atoms with Crippen LogP contribution in [0.5, 0.6) is 0 Å². The van der Waals surface area contributed by atoms with Gasteiger partial charge in [0.2, 0.25) is 0 Å². The fourth-order valence-electron chi connectivity index (χ4n) is 3.45. The normalized spacial score (nSPS) is 12.0. The van der Waals surface area contributed by atoms with Crippen LogP contribution in [0.15, 0.2) is 60.7 Å². The Morgan fingerprint density at radius 2 is 0.875 bits per heavy atom. The molecule has 0 amide bonds. The lowest BCUT2D eigenvalue weighted by Gasteiger charge is -2.19. The minimum absolute atomic E-state index is 0.0123. The van der Waals surface area contributed by atoms with Crippen LogP contribution in [0.3, 0.4) is 0 Å². The average Bonchev–Trinajstić information content (AvgIpc) is 2.72. The molecule has 0 aliphatic heterocycles. The molecule has 2 nitrogen and oxygen atoms in total. The number of hydrogen-bond donors (Lipinski definition) is 0. The molecule has 0 aromatic heterocycles. The molecule has 0 saturated heterocycles. The summed E-state index contributed by atoms with van der Waals surface area (Å²) in [6.45, 7) is 12.7. The van der Waals surface area contributed by atoms with E-state index in [4.69, 9.17) is 23.2 Å².